The Kier molecular flexibility index (Phi) is 5.06. The van der Waals surface area contributed by atoms with Crippen molar-refractivity contribution in [2.24, 2.45) is 0 Å². The number of nitro benzene ring substituents is 3. The Bertz CT molecular complexity index is 1190. The highest BCUT2D eigenvalue weighted by Gasteiger charge is 2.25. The van der Waals surface area contributed by atoms with Crippen LogP contribution in [-0.4, -0.2) is 30.4 Å². The average Bonchev–Trinajstić information content (AvgIpc) is 3.09. The van der Waals surface area contributed by atoms with Crippen LogP contribution >= 0.6 is 11.6 Å². The average molecular weight is 422 g/mol. The number of fused-ring (bicyclic) bond motifs is 1. The number of carbonyl (C=O) groups is 1. The molecule has 0 aliphatic carbocycles. The van der Waals surface area contributed by atoms with Crippen molar-refractivity contribution in [1.82, 2.24) is 9.55 Å². The molecule has 0 saturated heterocycles. The zero-order valence-electron chi connectivity index (χ0n) is 14.1. The molecule has 0 unspecified atom stereocenters. The fourth-order valence-corrected chi connectivity index (χ4v) is 2.68. The van der Waals surface area contributed by atoms with Crippen LogP contribution in [0.2, 0.25) is 5.02 Å². The van der Waals surface area contributed by atoms with Gasteiger partial charge in [0.1, 0.15) is 12.9 Å². The summed E-state index contributed by atoms with van der Waals surface area (Å²) in [4.78, 5) is 47.0. The lowest BCUT2D eigenvalue weighted by Gasteiger charge is -2.07. The Morgan fingerprint density at radius 2 is 1.72 bits per heavy atom. The van der Waals surface area contributed by atoms with E-state index in [0.29, 0.717) is 0 Å². The van der Waals surface area contributed by atoms with E-state index in [1.54, 1.807) is 0 Å². The second-order valence-corrected chi connectivity index (χ2v) is 5.98. The van der Waals surface area contributed by atoms with Crippen LogP contribution in [0, 0.1) is 30.3 Å². The van der Waals surface area contributed by atoms with E-state index < -0.39 is 38.8 Å². The second-order valence-electron chi connectivity index (χ2n) is 5.55. The van der Waals surface area contributed by atoms with Gasteiger partial charge in [0.05, 0.1) is 31.9 Å². The van der Waals surface area contributed by atoms with E-state index in [4.69, 9.17) is 16.3 Å². The fourth-order valence-electron chi connectivity index (χ4n) is 2.51. The van der Waals surface area contributed by atoms with Gasteiger partial charge in [-0.25, -0.2) is 14.3 Å². The van der Waals surface area contributed by atoms with Crippen molar-refractivity contribution in [2.45, 2.75) is 6.61 Å². The van der Waals surface area contributed by atoms with E-state index in [9.17, 15) is 35.1 Å². The summed E-state index contributed by atoms with van der Waals surface area (Å²) in [5.74, 6) is 0. The van der Waals surface area contributed by atoms with Gasteiger partial charge in [0.15, 0.2) is 5.52 Å². The van der Waals surface area contributed by atoms with Crippen LogP contribution in [0.25, 0.3) is 11.0 Å². The number of hydrogen-bond donors (Lipinski definition) is 0. The summed E-state index contributed by atoms with van der Waals surface area (Å²) in [6.07, 6.45) is -0.188. The summed E-state index contributed by atoms with van der Waals surface area (Å²) in [7, 11) is 0. The molecule has 14 heteroatoms. The molecule has 0 atom stereocenters. The third-order valence-corrected chi connectivity index (χ3v) is 4.05. The van der Waals surface area contributed by atoms with Gasteiger partial charge >= 0.3 is 11.8 Å². The molecule has 0 radical (unpaired) electrons. The van der Waals surface area contributed by atoms with Gasteiger partial charge in [-0.3, -0.25) is 30.3 Å². The predicted molar refractivity (Wildman–Crippen MR) is 96.7 cm³/mol. The molecule has 2 aromatic carbocycles. The summed E-state index contributed by atoms with van der Waals surface area (Å²) in [6.45, 7) is -0.511. The highest BCUT2D eigenvalue weighted by molar-refractivity contribution is 6.30. The standard InChI is InChI=1S/C15H8ClN5O8/c16-9-2-1-8(11(3-9)20(25)26)6-29-15(22)18-7-17-14-12(18)4-10(19(23)24)5-13(14)21(27)28/h1-5,7H,6H2. The molecular formula is C15H8ClN5O8. The lowest BCUT2D eigenvalue weighted by Crippen LogP contribution is -2.13. The van der Waals surface area contributed by atoms with Gasteiger partial charge in [-0.15, -0.1) is 0 Å². The number of non-ortho nitro benzene ring substituents is 2. The van der Waals surface area contributed by atoms with Crippen LogP contribution in [0.15, 0.2) is 36.7 Å². The van der Waals surface area contributed by atoms with Crippen molar-refractivity contribution in [2.75, 3.05) is 0 Å². The Labute approximate surface area is 164 Å². The zero-order valence-corrected chi connectivity index (χ0v) is 14.8. The van der Waals surface area contributed by atoms with Gasteiger partial charge in [-0.1, -0.05) is 11.6 Å². The third-order valence-electron chi connectivity index (χ3n) is 3.82. The van der Waals surface area contributed by atoms with E-state index >= 15 is 0 Å². The van der Waals surface area contributed by atoms with Gasteiger partial charge in [-0.2, -0.15) is 0 Å². The molecule has 29 heavy (non-hydrogen) atoms. The van der Waals surface area contributed by atoms with E-state index in [1.807, 2.05) is 0 Å². The number of rotatable bonds is 5. The number of aromatic nitrogens is 2. The second kappa shape index (κ2) is 7.47. The molecule has 0 spiro atoms. The maximum atomic E-state index is 12.4. The molecule has 3 aromatic rings. The summed E-state index contributed by atoms with van der Waals surface area (Å²) in [6, 6.07) is 5.42. The van der Waals surface area contributed by atoms with E-state index in [0.717, 1.165) is 29.1 Å². The monoisotopic (exact) mass is 421 g/mol. The van der Waals surface area contributed by atoms with Crippen LogP contribution in [0.1, 0.15) is 5.56 Å². The van der Waals surface area contributed by atoms with Gasteiger partial charge in [0, 0.05) is 17.2 Å². The van der Waals surface area contributed by atoms with E-state index in [2.05, 4.69) is 4.98 Å². The molecule has 13 nitrogen and oxygen atoms in total. The van der Waals surface area contributed by atoms with Crippen molar-refractivity contribution in [1.29, 1.82) is 0 Å². The first kappa shape index (κ1) is 19.6. The van der Waals surface area contributed by atoms with Gasteiger partial charge in [0.2, 0.25) is 0 Å². The third kappa shape index (κ3) is 3.79. The molecule has 1 heterocycles. The first-order chi connectivity index (χ1) is 13.7. The normalized spacial score (nSPS) is 10.7. The molecule has 0 amide bonds. The van der Waals surface area contributed by atoms with E-state index in [-0.39, 0.29) is 27.3 Å². The lowest BCUT2D eigenvalue weighted by molar-refractivity contribution is -0.393. The number of ether oxygens (including phenoxy) is 1. The predicted octanol–water partition coefficient (Wildman–Crippen LogP) is 3.60. The van der Waals surface area contributed by atoms with Crippen molar-refractivity contribution in [3.63, 3.8) is 0 Å². The SMILES string of the molecule is O=C(OCc1ccc(Cl)cc1[N+](=O)[O-])n1cnc2c([N+](=O)[O-])cc([N+](=O)[O-])cc21. The van der Waals surface area contributed by atoms with Gasteiger partial charge < -0.3 is 4.74 Å². The highest BCUT2D eigenvalue weighted by Crippen LogP contribution is 2.30. The topological polar surface area (TPSA) is 174 Å². The van der Waals surface area contributed by atoms with Crippen molar-refractivity contribution < 1.29 is 24.3 Å². The lowest BCUT2D eigenvalue weighted by atomic mass is 10.2. The largest absolute Gasteiger partial charge is 0.444 e. The van der Waals surface area contributed by atoms with Gasteiger partial charge in [0.25, 0.3) is 11.4 Å². The van der Waals surface area contributed by atoms with E-state index in [1.165, 1.54) is 12.1 Å². The number of imidazole rings is 1. The molecule has 148 valence electrons. The number of nitrogens with zero attached hydrogens (tertiary/aromatic N) is 5. The van der Waals surface area contributed by atoms with Crippen LogP contribution in [-0.2, 0) is 11.3 Å². The fraction of sp³-hybridized carbons (Fsp3) is 0.0667. The summed E-state index contributed by atoms with van der Waals surface area (Å²) in [5, 5.41) is 33.4. The first-order valence-electron chi connectivity index (χ1n) is 7.59. The molecule has 0 saturated carbocycles. The Morgan fingerprint density at radius 1 is 1.03 bits per heavy atom. The minimum atomic E-state index is -1.09. The smallest absolute Gasteiger partial charge is 0.420 e. The van der Waals surface area contributed by atoms with Gasteiger partial charge in [-0.05, 0) is 12.1 Å². The minimum Gasteiger partial charge on any atom is -0.444 e. The molecule has 0 fully saturated rings. The quantitative estimate of drug-likeness (QED) is 0.440. The number of benzene rings is 2. The minimum absolute atomic E-state index is 0.0501. The van der Waals surface area contributed by atoms with Crippen molar-refractivity contribution in [3.8, 4) is 0 Å². The molecular weight excluding hydrogens is 414 g/mol. The molecule has 0 aliphatic heterocycles. The van der Waals surface area contributed by atoms with Crippen LogP contribution < -0.4 is 0 Å². The molecule has 3 rings (SSSR count). The Morgan fingerprint density at radius 3 is 2.34 bits per heavy atom. The first-order valence-corrected chi connectivity index (χ1v) is 7.96. The number of nitro groups is 3. The summed E-state index contributed by atoms with van der Waals surface area (Å²) < 4.78 is 5.74. The summed E-state index contributed by atoms with van der Waals surface area (Å²) in [5.41, 5.74) is -2.07. The van der Waals surface area contributed by atoms with Crippen LogP contribution in [0.5, 0.6) is 0 Å². The zero-order chi connectivity index (χ0) is 21.3. The molecule has 0 aliphatic rings. The Hall–Kier alpha value is -4.13. The molecule has 0 bridgehead atoms. The summed E-state index contributed by atoms with van der Waals surface area (Å²) >= 11 is 5.72. The molecule has 1 aromatic heterocycles. The number of halogens is 1. The highest BCUT2D eigenvalue weighted by atomic mass is 35.5. The van der Waals surface area contributed by atoms with Crippen molar-refractivity contribution >= 4 is 45.8 Å². The number of carbonyl (C=O) groups excluding carboxylic acids is 1. The van der Waals surface area contributed by atoms with Crippen LogP contribution in [0.4, 0.5) is 21.9 Å². The maximum absolute atomic E-state index is 12.4. The number of hydrogen-bond acceptors (Lipinski definition) is 9. The van der Waals surface area contributed by atoms with Crippen LogP contribution in [0.3, 0.4) is 0 Å². The maximum Gasteiger partial charge on any atom is 0.420 e. The Balaban J connectivity index is 1.95. The molecule has 0 N–H and O–H groups in total. The van der Waals surface area contributed by atoms with Crippen molar-refractivity contribution in [3.05, 3.63) is 77.6 Å².